The summed E-state index contributed by atoms with van der Waals surface area (Å²) in [6.45, 7) is 6.69. The molecular weight excluding hydrogens is 498 g/mol. The fourth-order valence-electron chi connectivity index (χ4n) is 3.18. The van der Waals surface area contributed by atoms with Gasteiger partial charge in [0.2, 0.25) is 11.8 Å². The molecule has 0 fully saturated rings. The Labute approximate surface area is 222 Å². The van der Waals surface area contributed by atoms with E-state index in [2.05, 4.69) is 16.0 Å². The molecule has 0 aliphatic carbocycles. The molecule has 0 aliphatic heterocycles. The Hall–Kier alpha value is -3.59. The lowest BCUT2D eigenvalue weighted by Crippen LogP contribution is -2.56. The van der Waals surface area contributed by atoms with Crippen LogP contribution in [0.4, 0.5) is 4.79 Å². The molecule has 9 nitrogen and oxygen atoms in total. The molecule has 200 valence electrons. The molecule has 3 amide bonds. The maximum absolute atomic E-state index is 13.1. The molecule has 0 aromatic heterocycles. The number of hydrogen-bond acceptors (Lipinski definition) is 6. The highest BCUT2D eigenvalue weighted by Crippen LogP contribution is 2.09. The number of benzene rings is 2. The predicted molar refractivity (Wildman–Crippen MR) is 140 cm³/mol. The zero-order valence-electron chi connectivity index (χ0n) is 21.5. The first-order valence-corrected chi connectivity index (χ1v) is 12.4. The van der Waals surface area contributed by atoms with Crippen molar-refractivity contribution in [3.05, 3.63) is 71.8 Å². The monoisotopic (exact) mass is 531 g/mol. The molecule has 0 bridgehead atoms. The van der Waals surface area contributed by atoms with Crippen LogP contribution in [-0.4, -0.2) is 53.5 Å². The van der Waals surface area contributed by atoms with Crippen LogP contribution in [0.1, 0.15) is 38.8 Å². The van der Waals surface area contributed by atoms with Crippen molar-refractivity contribution in [3.63, 3.8) is 0 Å². The average Bonchev–Trinajstić information content (AvgIpc) is 2.85. The van der Waals surface area contributed by atoms with Crippen LogP contribution in [0.15, 0.2) is 60.7 Å². The van der Waals surface area contributed by atoms with Crippen molar-refractivity contribution in [2.75, 3.05) is 5.88 Å². The van der Waals surface area contributed by atoms with Gasteiger partial charge in [-0.2, -0.15) is 0 Å². The van der Waals surface area contributed by atoms with Crippen LogP contribution in [0.5, 0.6) is 0 Å². The van der Waals surface area contributed by atoms with Crippen LogP contribution < -0.4 is 16.0 Å². The van der Waals surface area contributed by atoms with Crippen LogP contribution in [0.2, 0.25) is 0 Å². The summed E-state index contributed by atoms with van der Waals surface area (Å²) in [6, 6.07) is 15.0. The lowest BCUT2D eigenvalue weighted by Gasteiger charge is -2.25. The van der Waals surface area contributed by atoms with Crippen molar-refractivity contribution in [2.45, 2.75) is 64.4 Å². The first kappa shape index (κ1) is 29.6. The Kier molecular flexibility index (Phi) is 11.4. The van der Waals surface area contributed by atoms with Gasteiger partial charge in [0.05, 0.1) is 5.88 Å². The van der Waals surface area contributed by atoms with E-state index in [0.29, 0.717) is 0 Å². The average molecular weight is 532 g/mol. The SMILES string of the molecule is C[C@H](NC(=O)[C@H](Cc1ccccc1)NC(=O)[C@H](CCl)NC(=O)OCc1ccccc1)C(=O)OC(C)(C)C. The fraction of sp³-hybridized carbons (Fsp3) is 0.407. The zero-order valence-corrected chi connectivity index (χ0v) is 22.2. The minimum Gasteiger partial charge on any atom is -0.458 e. The summed E-state index contributed by atoms with van der Waals surface area (Å²) >= 11 is 5.94. The minimum absolute atomic E-state index is 0.0187. The molecular formula is C27H34ClN3O6. The summed E-state index contributed by atoms with van der Waals surface area (Å²) in [5, 5.41) is 7.64. The Morgan fingerprint density at radius 3 is 1.89 bits per heavy atom. The largest absolute Gasteiger partial charge is 0.458 e. The maximum Gasteiger partial charge on any atom is 0.408 e. The Bertz CT molecular complexity index is 1040. The van der Waals surface area contributed by atoms with Gasteiger partial charge in [-0.25, -0.2) is 9.59 Å². The quantitative estimate of drug-likeness (QED) is 0.302. The van der Waals surface area contributed by atoms with Gasteiger partial charge in [0.1, 0.15) is 30.3 Å². The number of esters is 1. The molecule has 3 N–H and O–H groups in total. The fourth-order valence-corrected chi connectivity index (χ4v) is 3.39. The van der Waals surface area contributed by atoms with Crippen LogP contribution >= 0.6 is 11.6 Å². The van der Waals surface area contributed by atoms with Gasteiger partial charge in [-0.05, 0) is 38.8 Å². The van der Waals surface area contributed by atoms with Gasteiger partial charge in [-0.3, -0.25) is 9.59 Å². The van der Waals surface area contributed by atoms with Gasteiger partial charge in [0.15, 0.2) is 0 Å². The molecule has 0 unspecified atom stereocenters. The van der Waals surface area contributed by atoms with Crippen LogP contribution in [0.3, 0.4) is 0 Å². The van der Waals surface area contributed by atoms with E-state index in [4.69, 9.17) is 21.1 Å². The van der Waals surface area contributed by atoms with E-state index in [0.717, 1.165) is 11.1 Å². The standard InChI is InChI=1S/C27H34ClN3O6/c1-18(25(34)37-27(2,3)4)29-23(32)21(15-19-11-7-5-8-12-19)30-24(33)22(16-28)31-26(35)36-17-20-13-9-6-10-14-20/h5-14,18,21-22H,15-17H2,1-4H3,(H,29,32)(H,30,33)(H,31,35)/t18-,21-,22-/m0/s1. The molecule has 0 saturated heterocycles. The first-order chi connectivity index (χ1) is 17.5. The summed E-state index contributed by atoms with van der Waals surface area (Å²) in [7, 11) is 0. The molecule has 10 heteroatoms. The first-order valence-electron chi connectivity index (χ1n) is 11.9. The number of amides is 3. The number of ether oxygens (including phenoxy) is 2. The predicted octanol–water partition coefficient (Wildman–Crippen LogP) is 3.09. The van der Waals surface area contributed by atoms with Crippen LogP contribution in [0.25, 0.3) is 0 Å². The lowest BCUT2D eigenvalue weighted by molar-refractivity contribution is -0.158. The van der Waals surface area contributed by atoms with Crippen molar-refractivity contribution in [3.8, 4) is 0 Å². The van der Waals surface area contributed by atoms with E-state index < -0.39 is 47.6 Å². The molecule has 3 atom stereocenters. The zero-order chi connectivity index (χ0) is 27.4. The number of hydrogen-bond donors (Lipinski definition) is 3. The maximum atomic E-state index is 13.1. The Morgan fingerprint density at radius 2 is 1.35 bits per heavy atom. The van der Waals surface area contributed by atoms with E-state index in [1.165, 1.54) is 6.92 Å². The molecule has 2 rings (SSSR count). The second kappa shape index (κ2) is 14.2. The van der Waals surface area contributed by atoms with Gasteiger partial charge < -0.3 is 25.4 Å². The lowest BCUT2D eigenvalue weighted by atomic mass is 10.0. The van der Waals surface area contributed by atoms with E-state index in [9.17, 15) is 19.2 Å². The highest BCUT2D eigenvalue weighted by Gasteiger charge is 2.30. The number of carbonyl (C=O) groups is 4. The summed E-state index contributed by atoms with van der Waals surface area (Å²) in [5.41, 5.74) is 0.844. The second-order valence-electron chi connectivity index (χ2n) is 9.43. The normalized spacial score (nSPS) is 13.4. The number of alkyl carbamates (subject to hydrolysis) is 1. The summed E-state index contributed by atoms with van der Waals surface area (Å²) in [6.07, 6.45) is -0.681. The van der Waals surface area contributed by atoms with Crippen molar-refractivity contribution >= 4 is 35.5 Å². The minimum atomic E-state index is -1.15. The third-order valence-electron chi connectivity index (χ3n) is 5.01. The van der Waals surface area contributed by atoms with E-state index >= 15 is 0 Å². The number of nitrogens with one attached hydrogen (secondary N) is 3. The summed E-state index contributed by atoms with van der Waals surface area (Å²) in [4.78, 5) is 50.6. The van der Waals surface area contributed by atoms with Crippen molar-refractivity contribution in [1.82, 2.24) is 16.0 Å². The summed E-state index contributed by atoms with van der Waals surface area (Å²) in [5.74, 6) is -2.12. The van der Waals surface area contributed by atoms with Gasteiger partial charge in [0, 0.05) is 6.42 Å². The molecule has 0 radical (unpaired) electrons. The summed E-state index contributed by atoms with van der Waals surface area (Å²) < 4.78 is 10.5. The van der Waals surface area contributed by atoms with Gasteiger partial charge in [-0.15, -0.1) is 11.6 Å². The molecule has 37 heavy (non-hydrogen) atoms. The molecule has 0 aliphatic rings. The number of rotatable bonds is 11. The van der Waals surface area contributed by atoms with Gasteiger partial charge in [0.25, 0.3) is 0 Å². The van der Waals surface area contributed by atoms with Gasteiger partial charge in [-0.1, -0.05) is 60.7 Å². The molecule has 2 aromatic carbocycles. The van der Waals surface area contributed by atoms with Crippen LogP contribution in [-0.2, 0) is 36.9 Å². The number of alkyl halides is 1. The van der Waals surface area contributed by atoms with Crippen molar-refractivity contribution in [1.29, 1.82) is 0 Å². The van der Waals surface area contributed by atoms with E-state index in [-0.39, 0.29) is 18.9 Å². The Balaban J connectivity index is 2.05. The smallest absolute Gasteiger partial charge is 0.408 e. The third-order valence-corrected chi connectivity index (χ3v) is 5.32. The Morgan fingerprint density at radius 1 is 0.811 bits per heavy atom. The van der Waals surface area contributed by atoms with Crippen molar-refractivity contribution < 1.29 is 28.7 Å². The third kappa shape index (κ3) is 10.9. The molecule has 0 spiro atoms. The number of carbonyl (C=O) groups excluding carboxylic acids is 4. The van der Waals surface area contributed by atoms with Crippen LogP contribution in [0, 0.1) is 0 Å². The highest BCUT2D eigenvalue weighted by molar-refractivity contribution is 6.20. The highest BCUT2D eigenvalue weighted by atomic mass is 35.5. The van der Waals surface area contributed by atoms with E-state index in [1.54, 1.807) is 45.0 Å². The van der Waals surface area contributed by atoms with Gasteiger partial charge >= 0.3 is 12.1 Å². The van der Waals surface area contributed by atoms with E-state index in [1.807, 2.05) is 36.4 Å². The number of halogens is 1. The molecule has 0 saturated carbocycles. The molecule has 2 aromatic rings. The second-order valence-corrected chi connectivity index (χ2v) is 9.74. The molecule has 0 heterocycles. The van der Waals surface area contributed by atoms with Crippen molar-refractivity contribution in [2.24, 2.45) is 0 Å². The topological polar surface area (TPSA) is 123 Å².